The number of allylic oxidation sites excluding steroid dienone is 1. The molecule has 3 rings (SSSR count). The first-order valence-electron chi connectivity index (χ1n) is 11.2. The Morgan fingerprint density at radius 3 is 2.61 bits per heavy atom. The van der Waals surface area contributed by atoms with E-state index in [1.165, 1.54) is 11.1 Å². The van der Waals surface area contributed by atoms with Crippen LogP contribution >= 0.6 is 0 Å². The second-order valence-electron chi connectivity index (χ2n) is 8.07. The van der Waals surface area contributed by atoms with E-state index in [1.54, 1.807) is 12.3 Å². The molecule has 4 nitrogen and oxygen atoms in total. The molecule has 3 aromatic rings. The van der Waals surface area contributed by atoms with Crippen molar-refractivity contribution in [3.8, 4) is 16.9 Å². The van der Waals surface area contributed by atoms with Gasteiger partial charge in [0, 0.05) is 35.2 Å². The Bertz CT molecular complexity index is 1090. The molecule has 0 unspecified atom stereocenters. The van der Waals surface area contributed by atoms with Crippen LogP contribution < -0.4 is 10.1 Å². The van der Waals surface area contributed by atoms with E-state index >= 15 is 0 Å². The van der Waals surface area contributed by atoms with Gasteiger partial charge in [-0.3, -0.25) is 4.79 Å². The Kier molecular flexibility index (Phi) is 7.56. The number of ether oxygens (including phenoxy) is 1. The summed E-state index contributed by atoms with van der Waals surface area (Å²) in [6.07, 6.45) is 6.72. The maximum absolute atomic E-state index is 12.4. The largest absolute Gasteiger partial charge is 0.493 e. The number of aryl methyl sites for hydroxylation is 2. The SMILES string of the molecule is CCCCCNC(=O)/C=C(\C)c1cc2c(-c3ccc(C)cc3C)coc2cc1OCC. The Hall–Kier alpha value is -3.01. The van der Waals surface area contributed by atoms with E-state index in [4.69, 9.17) is 9.15 Å². The second-order valence-corrected chi connectivity index (χ2v) is 8.07. The standard InChI is InChI=1S/C27H33NO3/c1-6-8-9-12-28-27(29)14-20(5)22-15-23-24(21-11-10-18(3)13-19(21)4)17-31-26(23)16-25(22)30-7-2/h10-11,13-17H,6-9,12H2,1-5H3,(H,28,29)/b20-14+. The molecule has 0 atom stereocenters. The molecule has 0 spiro atoms. The summed E-state index contributed by atoms with van der Waals surface area (Å²) in [7, 11) is 0. The van der Waals surface area contributed by atoms with Crippen LogP contribution in [-0.2, 0) is 4.79 Å². The Labute approximate surface area is 185 Å². The Morgan fingerprint density at radius 1 is 1.10 bits per heavy atom. The quantitative estimate of drug-likeness (QED) is 0.306. The van der Waals surface area contributed by atoms with Crippen LogP contribution in [0.15, 0.2) is 47.1 Å². The second kappa shape index (κ2) is 10.3. The molecule has 0 fully saturated rings. The van der Waals surface area contributed by atoms with Gasteiger partial charge in [-0.1, -0.05) is 43.5 Å². The highest BCUT2D eigenvalue weighted by Gasteiger charge is 2.16. The average molecular weight is 420 g/mol. The molecule has 1 amide bonds. The summed E-state index contributed by atoms with van der Waals surface area (Å²) in [5.41, 5.74) is 7.19. The predicted octanol–water partition coefficient (Wildman–Crippen LogP) is 6.83. The third-order valence-electron chi connectivity index (χ3n) is 5.50. The lowest BCUT2D eigenvalue weighted by Gasteiger charge is -2.12. The van der Waals surface area contributed by atoms with E-state index in [-0.39, 0.29) is 5.91 Å². The topological polar surface area (TPSA) is 51.5 Å². The molecular formula is C27H33NO3. The fraction of sp³-hybridized carbons (Fsp3) is 0.370. The van der Waals surface area contributed by atoms with Crippen molar-refractivity contribution in [3.63, 3.8) is 0 Å². The number of carbonyl (C=O) groups excluding carboxylic acids is 1. The Morgan fingerprint density at radius 2 is 1.90 bits per heavy atom. The summed E-state index contributed by atoms with van der Waals surface area (Å²) in [6.45, 7) is 11.5. The molecule has 164 valence electrons. The molecule has 0 radical (unpaired) electrons. The molecule has 0 saturated heterocycles. The first-order valence-corrected chi connectivity index (χ1v) is 11.2. The number of rotatable bonds is 9. The highest BCUT2D eigenvalue weighted by Crippen LogP contribution is 2.38. The number of amides is 1. The summed E-state index contributed by atoms with van der Waals surface area (Å²) in [5.74, 6) is 0.655. The molecule has 0 bridgehead atoms. The number of carbonyl (C=O) groups is 1. The van der Waals surface area contributed by atoms with Gasteiger partial charge < -0.3 is 14.5 Å². The van der Waals surface area contributed by atoms with Crippen molar-refractivity contribution in [1.82, 2.24) is 5.32 Å². The van der Waals surface area contributed by atoms with E-state index in [9.17, 15) is 4.79 Å². The maximum Gasteiger partial charge on any atom is 0.244 e. The van der Waals surface area contributed by atoms with Crippen molar-refractivity contribution in [1.29, 1.82) is 0 Å². The fourth-order valence-corrected chi connectivity index (χ4v) is 3.87. The van der Waals surface area contributed by atoms with Gasteiger partial charge in [-0.25, -0.2) is 0 Å². The number of nitrogens with one attached hydrogen (secondary N) is 1. The van der Waals surface area contributed by atoms with Crippen molar-refractivity contribution >= 4 is 22.4 Å². The summed E-state index contributed by atoms with van der Waals surface area (Å²) in [5, 5.41) is 3.99. The molecule has 0 saturated carbocycles. The average Bonchev–Trinajstić information content (AvgIpc) is 3.13. The van der Waals surface area contributed by atoms with Gasteiger partial charge >= 0.3 is 0 Å². The number of unbranched alkanes of at least 4 members (excludes halogenated alkanes) is 2. The molecule has 4 heteroatoms. The number of hydrogen-bond acceptors (Lipinski definition) is 3. The van der Waals surface area contributed by atoms with Gasteiger partial charge in [0.25, 0.3) is 0 Å². The zero-order chi connectivity index (χ0) is 22.4. The van der Waals surface area contributed by atoms with Gasteiger partial charge in [-0.2, -0.15) is 0 Å². The maximum atomic E-state index is 12.4. The van der Waals surface area contributed by atoms with Crippen LogP contribution in [0.2, 0.25) is 0 Å². The summed E-state index contributed by atoms with van der Waals surface area (Å²) < 4.78 is 11.8. The number of furan rings is 1. The minimum Gasteiger partial charge on any atom is -0.493 e. The van der Waals surface area contributed by atoms with Crippen LogP contribution in [0.4, 0.5) is 0 Å². The zero-order valence-corrected chi connectivity index (χ0v) is 19.3. The van der Waals surface area contributed by atoms with Crippen LogP contribution in [0.1, 0.15) is 56.7 Å². The van der Waals surface area contributed by atoms with E-state index in [0.29, 0.717) is 13.2 Å². The minimum absolute atomic E-state index is 0.0713. The molecule has 0 aliphatic rings. The zero-order valence-electron chi connectivity index (χ0n) is 19.3. The minimum atomic E-state index is -0.0713. The first kappa shape index (κ1) is 22.7. The number of fused-ring (bicyclic) bond motifs is 1. The lowest BCUT2D eigenvalue weighted by atomic mass is 9.96. The van der Waals surface area contributed by atoms with Crippen molar-refractivity contribution in [3.05, 3.63) is 59.4 Å². The van der Waals surface area contributed by atoms with E-state index in [0.717, 1.165) is 58.2 Å². The van der Waals surface area contributed by atoms with Gasteiger partial charge in [-0.05, 0) is 56.9 Å². The monoisotopic (exact) mass is 419 g/mol. The third-order valence-corrected chi connectivity index (χ3v) is 5.50. The van der Waals surface area contributed by atoms with E-state index < -0.39 is 0 Å². The van der Waals surface area contributed by atoms with E-state index in [1.807, 2.05) is 19.9 Å². The number of hydrogen-bond donors (Lipinski definition) is 1. The number of benzene rings is 2. The molecule has 1 N–H and O–H groups in total. The molecule has 0 aliphatic carbocycles. The highest BCUT2D eigenvalue weighted by atomic mass is 16.5. The van der Waals surface area contributed by atoms with Crippen molar-refractivity contribution in [2.45, 2.75) is 53.9 Å². The lowest BCUT2D eigenvalue weighted by molar-refractivity contribution is -0.116. The lowest BCUT2D eigenvalue weighted by Crippen LogP contribution is -2.22. The van der Waals surface area contributed by atoms with Gasteiger partial charge in [-0.15, -0.1) is 0 Å². The van der Waals surface area contributed by atoms with Crippen LogP contribution in [-0.4, -0.2) is 19.1 Å². The van der Waals surface area contributed by atoms with Crippen LogP contribution in [0.25, 0.3) is 27.7 Å². The van der Waals surface area contributed by atoms with Gasteiger partial charge in [0.15, 0.2) is 0 Å². The molecule has 0 aliphatic heterocycles. The summed E-state index contributed by atoms with van der Waals surface area (Å²) in [4.78, 5) is 12.4. The Balaban J connectivity index is 2.00. The molecule has 2 aromatic carbocycles. The van der Waals surface area contributed by atoms with Gasteiger partial charge in [0.1, 0.15) is 11.3 Å². The van der Waals surface area contributed by atoms with E-state index in [2.05, 4.69) is 50.4 Å². The van der Waals surface area contributed by atoms with Gasteiger partial charge in [0.05, 0.1) is 12.9 Å². The molecule has 1 heterocycles. The first-order chi connectivity index (χ1) is 14.9. The molecule has 31 heavy (non-hydrogen) atoms. The fourth-order valence-electron chi connectivity index (χ4n) is 3.87. The predicted molar refractivity (Wildman–Crippen MR) is 128 cm³/mol. The normalized spacial score (nSPS) is 11.7. The third kappa shape index (κ3) is 5.38. The summed E-state index contributed by atoms with van der Waals surface area (Å²) >= 11 is 0. The van der Waals surface area contributed by atoms with Crippen LogP contribution in [0.5, 0.6) is 5.75 Å². The smallest absolute Gasteiger partial charge is 0.244 e. The van der Waals surface area contributed by atoms with Gasteiger partial charge in [0.2, 0.25) is 5.91 Å². The van der Waals surface area contributed by atoms with Crippen LogP contribution in [0.3, 0.4) is 0 Å². The van der Waals surface area contributed by atoms with Crippen molar-refractivity contribution in [2.75, 3.05) is 13.2 Å². The van der Waals surface area contributed by atoms with Crippen LogP contribution in [0, 0.1) is 13.8 Å². The van der Waals surface area contributed by atoms with Crippen molar-refractivity contribution < 1.29 is 13.9 Å². The van der Waals surface area contributed by atoms with Crippen molar-refractivity contribution in [2.24, 2.45) is 0 Å². The summed E-state index contributed by atoms with van der Waals surface area (Å²) in [6, 6.07) is 10.4. The molecule has 1 aromatic heterocycles. The molecular weight excluding hydrogens is 386 g/mol. The highest BCUT2D eigenvalue weighted by molar-refractivity contribution is 6.00.